The van der Waals surface area contributed by atoms with E-state index in [4.69, 9.17) is 16.2 Å². The fourth-order valence-corrected chi connectivity index (χ4v) is 2.38. The molecule has 0 fully saturated rings. The lowest BCUT2D eigenvalue weighted by atomic mass is 9.94. The van der Waals surface area contributed by atoms with Gasteiger partial charge in [0, 0.05) is 9.82 Å². The number of azide groups is 2. The Morgan fingerprint density at radius 3 is 2.33 bits per heavy atom. The number of ketones is 2. The van der Waals surface area contributed by atoms with Crippen molar-refractivity contribution in [1.82, 2.24) is 0 Å². The van der Waals surface area contributed by atoms with Crippen LogP contribution in [0, 0.1) is 0 Å². The molecule has 2 N–H and O–H groups in total. The van der Waals surface area contributed by atoms with Crippen LogP contribution in [0.1, 0.15) is 0 Å². The van der Waals surface area contributed by atoms with Crippen molar-refractivity contribution < 1.29 is 18.0 Å². The maximum atomic E-state index is 11.6. The molecule has 0 spiro atoms. The highest BCUT2D eigenvalue weighted by atomic mass is 32.2. The molecule has 11 nitrogen and oxygen atoms in total. The molecule has 0 saturated heterocycles. The number of carbonyl (C=O) groups excluding carboxylic acids is 2. The summed E-state index contributed by atoms with van der Waals surface area (Å²) in [5, 5.41) is 10.5. The number of primary sulfonamides is 1. The number of nitrogens with zero attached hydrogens (tertiary/aromatic N) is 6. The van der Waals surface area contributed by atoms with Crippen molar-refractivity contribution in [3.63, 3.8) is 0 Å². The molecule has 18 heavy (non-hydrogen) atoms. The average molecular weight is 271 g/mol. The molecular formula is C6H5N7O4S. The normalized spacial score (nSPS) is 27.3. The van der Waals surface area contributed by atoms with Crippen molar-refractivity contribution >= 4 is 21.6 Å². The molecule has 2 unspecified atom stereocenters. The minimum Gasteiger partial charge on any atom is -0.294 e. The molecule has 1 rings (SSSR count). The van der Waals surface area contributed by atoms with Gasteiger partial charge in [0.15, 0.2) is 11.6 Å². The van der Waals surface area contributed by atoms with E-state index in [1.807, 2.05) is 0 Å². The molecule has 12 heteroatoms. The van der Waals surface area contributed by atoms with E-state index in [1.165, 1.54) is 0 Å². The fraction of sp³-hybridized carbons (Fsp3) is 0.333. The minimum absolute atomic E-state index is 0.602. The number of carbonyl (C=O) groups is 2. The fourth-order valence-electron chi connectivity index (χ4n) is 1.41. The van der Waals surface area contributed by atoms with Crippen molar-refractivity contribution in [2.24, 2.45) is 15.4 Å². The van der Waals surface area contributed by atoms with Gasteiger partial charge in [-0.3, -0.25) is 9.59 Å². The number of rotatable bonds is 3. The van der Waals surface area contributed by atoms with Crippen LogP contribution in [0.2, 0.25) is 0 Å². The van der Waals surface area contributed by atoms with Crippen molar-refractivity contribution in [1.29, 1.82) is 0 Å². The molecule has 1 aliphatic carbocycles. The number of hydrogen-bond donors (Lipinski definition) is 1. The van der Waals surface area contributed by atoms with Gasteiger partial charge in [-0.25, -0.2) is 13.6 Å². The quantitative estimate of drug-likeness (QED) is 0.417. The van der Waals surface area contributed by atoms with Crippen LogP contribution in [-0.2, 0) is 19.6 Å². The third-order valence-corrected chi connectivity index (χ3v) is 3.56. The van der Waals surface area contributed by atoms with Gasteiger partial charge in [-0.2, -0.15) is 0 Å². The zero-order chi connectivity index (χ0) is 14.0. The highest BCUT2D eigenvalue weighted by Crippen LogP contribution is 2.30. The topological polar surface area (TPSA) is 192 Å². The van der Waals surface area contributed by atoms with Gasteiger partial charge in [0.1, 0.15) is 6.04 Å². The summed E-state index contributed by atoms with van der Waals surface area (Å²) in [7, 11) is -4.81. The second-order valence-corrected chi connectivity index (χ2v) is 4.85. The summed E-state index contributed by atoms with van der Waals surface area (Å²) in [5.41, 5.74) is 16.6. The van der Waals surface area contributed by atoms with Crippen molar-refractivity contribution in [2.45, 2.75) is 10.9 Å². The van der Waals surface area contributed by atoms with E-state index in [0.717, 1.165) is 6.08 Å². The maximum Gasteiger partial charge on any atom is 0.241 e. The van der Waals surface area contributed by atoms with Gasteiger partial charge in [0.05, 0.1) is 0 Å². The van der Waals surface area contributed by atoms with E-state index in [-0.39, 0.29) is 0 Å². The molecule has 0 heterocycles. The maximum absolute atomic E-state index is 11.6. The van der Waals surface area contributed by atoms with E-state index < -0.39 is 32.5 Å². The molecule has 0 aromatic heterocycles. The van der Waals surface area contributed by atoms with Gasteiger partial charge < -0.3 is 0 Å². The Balaban J connectivity index is 3.78. The standard InChI is InChI=1S/C6H5N7O4S/c7-12-10-5-3(14)1-2-4(15)6(5,11-13-8)18(9,16)17/h1-2,5H,(H2,9,16,17). The first-order valence-electron chi connectivity index (χ1n) is 4.20. The Labute approximate surface area is 99.6 Å². The number of hydrogen-bond acceptors (Lipinski definition) is 6. The Bertz CT molecular complexity index is 639. The summed E-state index contributed by atoms with van der Waals surface area (Å²) in [6, 6.07) is -2.06. The summed E-state index contributed by atoms with van der Waals surface area (Å²) < 4.78 is 22.9. The zero-order valence-corrected chi connectivity index (χ0v) is 9.35. The van der Waals surface area contributed by atoms with Crippen molar-refractivity contribution in [3.8, 4) is 0 Å². The molecule has 1 aliphatic rings. The lowest BCUT2D eigenvalue weighted by molar-refractivity contribution is -0.124. The first kappa shape index (κ1) is 13.7. The number of nitrogens with two attached hydrogens (primary N) is 1. The zero-order valence-electron chi connectivity index (χ0n) is 8.53. The lowest BCUT2D eigenvalue weighted by Gasteiger charge is -2.30. The van der Waals surface area contributed by atoms with Crippen LogP contribution in [0.5, 0.6) is 0 Å². The van der Waals surface area contributed by atoms with Gasteiger partial charge in [0.2, 0.25) is 14.9 Å². The number of sulfonamides is 1. The van der Waals surface area contributed by atoms with Crippen molar-refractivity contribution in [2.75, 3.05) is 0 Å². The summed E-state index contributed by atoms with van der Waals surface area (Å²) in [5.74, 6) is -2.26. The summed E-state index contributed by atoms with van der Waals surface area (Å²) in [4.78, 5) is 24.6. The van der Waals surface area contributed by atoms with Gasteiger partial charge in [-0.05, 0) is 23.2 Å². The smallest absolute Gasteiger partial charge is 0.241 e. The summed E-state index contributed by atoms with van der Waals surface area (Å²) >= 11 is 0. The van der Waals surface area contributed by atoms with Crippen LogP contribution in [0.3, 0.4) is 0 Å². The molecule has 0 radical (unpaired) electrons. The van der Waals surface area contributed by atoms with Gasteiger partial charge in [0.25, 0.3) is 0 Å². The molecule has 0 saturated carbocycles. The first-order valence-corrected chi connectivity index (χ1v) is 5.75. The van der Waals surface area contributed by atoms with E-state index in [0.29, 0.717) is 6.08 Å². The summed E-state index contributed by atoms with van der Waals surface area (Å²) in [6.07, 6.45) is 1.32. The van der Waals surface area contributed by atoms with Crippen LogP contribution in [0.4, 0.5) is 0 Å². The molecule has 0 aromatic rings. The van der Waals surface area contributed by atoms with E-state index in [1.54, 1.807) is 0 Å². The van der Waals surface area contributed by atoms with Crippen LogP contribution in [-0.4, -0.2) is 30.9 Å². The van der Waals surface area contributed by atoms with E-state index in [2.05, 4.69) is 20.1 Å². The van der Waals surface area contributed by atoms with Crippen molar-refractivity contribution in [3.05, 3.63) is 33.0 Å². The van der Waals surface area contributed by atoms with Gasteiger partial charge in [-0.1, -0.05) is 10.2 Å². The van der Waals surface area contributed by atoms with Crippen LogP contribution < -0.4 is 5.14 Å². The lowest BCUT2D eigenvalue weighted by Crippen LogP contribution is -2.59. The average Bonchev–Trinajstić information content (AvgIpc) is 2.27. The molecule has 0 bridgehead atoms. The Morgan fingerprint density at radius 2 is 1.89 bits per heavy atom. The predicted molar refractivity (Wildman–Crippen MR) is 57.1 cm³/mol. The van der Waals surface area contributed by atoms with Gasteiger partial charge in [-0.15, -0.1) is 0 Å². The Hall–Kier alpha value is -2.39. The highest BCUT2D eigenvalue weighted by Gasteiger charge is 2.57. The molecule has 94 valence electrons. The molecular weight excluding hydrogens is 266 g/mol. The molecule has 2 atom stereocenters. The van der Waals surface area contributed by atoms with Crippen LogP contribution >= 0.6 is 0 Å². The Morgan fingerprint density at radius 1 is 1.28 bits per heavy atom. The minimum atomic E-state index is -4.81. The highest BCUT2D eigenvalue weighted by molar-refractivity contribution is 7.91. The van der Waals surface area contributed by atoms with Crippen LogP contribution in [0.15, 0.2) is 22.4 Å². The monoisotopic (exact) mass is 271 g/mol. The summed E-state index contributed by atoms with van der Waals surface area (Å²) in [6.45, 7) is 0. The van der Waals surface area contributed by atoms with E-state index >= 15 is 0 Å². The second kappa shape index (κ2) is 4.47. The third kappa shape index (κ3) is 1.81. The van der Waals surface area contributed by atoms with E-state index in [9.17, 15) is 18.0 Å². The van der Waals surface area contributed by atoms with Gasteiger partial charge >= 0.3 is 0 Å². The largest absolute Gasteiger partial charge is 0.294 e. The molecule has 0 aromatic carbocycles. The SMILES string of the molecule is [N-]=[N+]=NC1C(=O)C=CC(=O)C1(N=[N+]=[N-])S(N)(=O)=O. The second-order valence-electron chi connectivity index (χ2n) is 3.14. The molecule has 0 amide bonds. The first-order chi connectivity index (χ1) is 8.31. The Kier molecular flexibility index (Phi) is 3.39. The van der Waals surface area contributed by atoms with Crippen LogP contribution in [0.25, 0.3) is 20.9 Å². The predicted octanol–water partition coefficient (Wildman–Crippen LogP) is -0.332. The molecule has 0 aliphatic heterocycles. The third-order valence-electron chi connectivity index (χ3n) is 2.19.